The van der Waals surface area contributed by atoms with Gasteiger partial charge in [0.05, 0.1) is 5.69 Å². The second-order valence-electron chi connectivity index (χ2n) is 5.98. The number of nitrogens with zero attached hydrogens (tertiary/aromatic N) is 2. The van der Waals surface area contributed by atoms with Crippen molar-refractivity contribution < 1.29 is 9.90 Å². The molecule has 1 aromatic rings. The smallest absolute Gasteiger partial charge is 0.264 e. The number of hydrogen-bond donors (Lipinski definition) is 2. The van der Waals surface area contributed by atoms with Crippen LogP contribution in [-0.2, 0) is 0 Å². The lowest BCUT2D eigenvalue weighted by Gasteiger charge is -2.17. The van der Waals surface area contributed by atoms with Gasteiger partial charge in [-0.2, -0.15) is 0 Å². The molecule has 0 saturated carbocycles. The third-order valence-corrected chi connectivity index (χ3v) is 3.99. The van der Waals surface area contributed by atoms with Gasteiger partial charge in [0.25, 0.3) is 11.5 Å². The fourth-order valence-electron chi connectivity index (χ4n) is 2.73. The zero-order valence-corrected chi connectivity index (χ0v) is 12.8. The van der Waals surface area contributed by atoms with Crippen LogP contribution in [0.25, 0.3) is 0 Å². The van der Waals surface area contributed by atoms with Crippen molar-refractivity contribution in [2.45, 2.75) is 39.5 Å². The number of aromatic nitrogens is 2. The summed E-state index contributed by atoms with van der Waals surface area (Å²) in [6, 6.07) is 0. The van der Waals surface area contributed by atoms with Gasteiger partial charge in [-0.1, -0.05) is 13.8 Å². The Labute approximate surface area is 124 Å². The van der Waals surface area contributed by atoms with E-state index in [9.17, 15) is 9.59 Å². The van der Waals surface area contributed by atoms with E-state index >= 15 is 0 Å². The van der Waals surface area contributed by atoms with E-state index in [0.717, 1.165) is 6.42 Å². The number of hydrogen-bond acceptors (Lipinski definition) is 4. The Morgan fingerprint density at radius 2 is 2.24 bits per heavy atom. The summed E-state index contributed by atoms with van der Waals surface area (Å²) in [7, 11) is 0. The van der Waals surface area contributed by atoms with E-state index in [-0.39, 0.29) is 29.6 Å². The normalized spacial score (nSPS) is 18.5. The minimum atomic E-state index is -0.359. The van der Waals surface area contributed by atoms with Crippen LogP contribution in [0.4, 0.5) is 0 Å². The Hall–Kier alpha value is -1.69. The zero-order valence-electron chi connectivity index (χ0n) is 12.8. The van der Waals surface area contributed by atoms with Gasteiger partial charge in [-0.3, -0.25) is 9.59 Å². The van der Waals surface area contributed by atoms with Gasteiger partial charge in [0.15, 0.2) is 0 Å². The summed E-state index contributed by atoms with van der Waals surface area (Å²) in [4.78, 5) is 33.4. The molecule has 1 atom stereocenters. The van der Waals surface area contributed by atoms with Gasteiger partial charge in [-0.15, -0.1) is 0 Å². The van der Waals surface area contributed by atoms with Gasteiger partial charge in [-0.25, -0.2) is 4.98 Å². The van der Waals surface area contributed by atoms with Gasteiger partial charge >= 0.3 is 0 Å². The van der Waals surface area contributed by atoms with Gasteiger partial charge in [-0.05, 0) is 25.7 Å². The molecule has 0 aliphatic carbocycles. The first-order valence-electron chi connectivity index (χ1n) is 7.45. The second-order valence-corrected chi connectivity index (χ2v) is 5.98. The first-order valence-corrected chi connectivity index (χ1v) is 7.45. The zero-order chi connectivity index (χ0) is 15.6. The predicted molar refractivity (Wildman–Crippen MR) is 79.4 cm³/mol. The molecule has 1 aliphatic rings. The van der Waals surface area contributed by atoms with Gasteiger partial charge < -0.3 is 15.0 Å². The highest BCUT2D eigenvalue weighted by Crippen LogP contribution is 2.21. The summed E-state index contributed by atoms with van der Waals surface area (Å²) in [6.45, 7) is 6.96. The van der Waals surface area contributed by atoms with Gasteiger partial charge in [0.2, 0.25) is 0 Å². The first-order chi connectivity index (χ1) is 9.93. The molecule has 21 heavy (non-hydrogen) atoms. The summed E-state index contributed by atoms with van der Waals surface area (Å²) in [5, 5.41) is 8.97. The molecule has 1 amide bonds. The van der Waals surface area contributed by atoms with Crippen molar-refractivity contribution in [3.63, 3.8) is 0 Å². The molecule has 0 radical (unpaired) electrons. The fraction of sp³-hybridized carbons (Fsp3) is 0.667. The van der Waals surface area contributed by atoms with E-state index in [4.69, 9.17) is 5.11 Å². The average Bonchev–Trinajstić information content (AvgIpc) is 2.86. The fourth-order valence-corrected chi connectivity index (χ4v) is 2.73. The van der Waals surface area contributed by atoms with Crippen molar-refractivity contribution in [2.24, 2.45) is 5.92 Å². The van der Waals surface area contributed by atoms with Crippen LogP contribution in [0, 0.1) is 12.8 Å². The summed E-state index contributed by atoms with van der Waals surface area (Å²) in [5.74, 6) is 0.785. The summed E-state index contributed by atoms with van der Waals surface area (Å²) >= 11 is 0. The number of H-pyrrole nitrogens is 1. The maximum absolute atomic E-state index is 12.5. The van der Waals surface area contributed by atoms with Gasteiger partial charge in [0.1, 0.15) is 11.4 Å². The topological polar surface area (TPSA) is 86.3 Å². The molecule has 6 nitrogen and oxygen atoms in total. The van der Waals surface area contributed by atoms with Crippen molar-refractivity contribution in [1.82, 2.24) is 14.9 Å². The van der Waals surface area contributed by atoms with Crippen molar-refractivity contribution >= 4 is 5.91 Å². The third kappa shape index (κ3) is 3.32. The van der Waals surface area contributed by atoms with Crippen molar-refractivity contribution in [3.05, 3.63) is 27.4 Å². The molecular weight excluding hydrogens is 270 g/mol. The number of amides is 1. The molecule has 6 heteroatoms. The summed E-state index contributed by atoms with van der Waals surface area (Å²) in [6.07, 6.45) is 1.57. The van der Waals surface area contributed by atoms with Crippen LogP contribution >= 0.6 is 0 Å². The molecule has 1 fully saturated rings. The number of rotatable bonds is 4. The Kier molecular flexibility index (Phi) is 4.77. The van der Waals surface area contributed by atoms with Crippen molar-refractivity contribution in [3.8, 4) is 0 Å². The number of aromatic amines is 1. The molecule has 2 rings (SSSR count). The number of aryl methyl sites for hydroxylation is 1. The Balaban J connectivity index is 2.23. The van der Waals surface area contributed by atoms with E-state index in [2.05, 4.69) is 9.97 Å². The van der Waals surface area contributed by atoms with E-state index in [1.54, 1.807) is 11.8 Å². The van der Waals surface area contributed by atoms with Crippen LogP contribution in [0.1, 0.15) is 54.5 Å². The number of aliphatic hydroxyl groups excluding tert-OH is 1. The molecule has 1 unspecified atom stereocenters. The third-order valence-electron chi connectivity index (χ3n) is 3.99. The maximum Gasteiger partial charge on any atom is 0.264 e. The highest BCUT2D eigenvalue weighted by atomic mass is 16.3. The van der Waals surface area contributed by atoms with Crippen LogP contribution in [0.5, 0.6) is 0 Å². The van der Waals surface area contributed by atoms with Gasteiger partial charge in [0, 0.05) is 25.6 Å². The predicted octanol–water partition coefficient (Wildman–Crippen LogP) is 1.05. The lowest BCUT2D eigenvalue weighted by atomic mass is 10.1. The van der Waals surface area contributed by atoms with Crippen LogP contribution < -0.4 is 5.56 Å². The minimum Gasteiger partial charge on any atom is -0.396 e. The number of aliphatic hydroxyl groups is 1. The standard InChI is InChI=1S/C15H23N3O3/c1-9(2)13-16-10(3)12(14(20)17-13)15(21)18-6-4-11(8-18)5-7-19/h9,11,19H,4-8H2,1-3H3,(H,16,17,20). The minimum absolute atomic E-state index is 0.112. The Morgan fingerprint density at radius 1 is 1.52 bits per heavy atom. The Bertz CT molecular complexity index is 580. The SMILES string of the molecule is Cc1nc(C(C)C)[nH]c(=O)c1C(=O)N1CCC(CCO)C1. The lowest BCUT2D eigenvalue weighted by Crippen LogP contribution is -2.35. The summed E-state index contributed by atoms with van der Waals surface area (Å²) < 4.78 is 0. The Morgan fingerprint density at radius 3 is 2.81 bits per heavy atom. The van der Waals surface area contributed by atoms with Crippen LogP contribution in [0.3, 0.4) is 0 Å². The van der Waals surface area contributed by atoms with Crippen LogP contribution in [0.15, 0.2) is 4.79 Å². The van der Waals surface area contributed by atoms with Crippen LogP contribution in [0.2, 0.25) is 0 Å². The molecular formula is C15H23N3O3. The maximum atomic E-state index is 12.5. The van der Waals surface area contributed by atoms with E-state index < -0.39 is 0 Å². The first kappa shape index (κ1) is 15.7. The lowest BCUT2D eigenvalue weighted by molar-refractivity contribution is 0.0781. The molecule has 2 N–H and O–H groups in total. The molecule has 2 heterocycles. The number of carbonyl (C=O) groups excluding carboxylic acids is 1. The molecule has 0 aromatic carbocycles. The number of carbonyl (C=O) groups is 1. The second kappa shape index (κ2) is 6.39. The van der Waals surface area contributed by atoms with E-state index in [1.165, 1.54) is 0 Å². The highest BCUT2D eigenvalue weighted by molar-refractivity contribution is 5.95. The van der Waals surface area contributed by atoms with E-state index in [1.807, 2.05) is 13.8 Å². The number of nitrogens with one attached hydrogen (secondary N) is 1. The molecule has 0 spiro atoms. The highest BCUT2D eigenvalue weighted by Gasteiger charge is 2.29. The molecule has 1 aromatic heterocycles. The summed E-state index contributed by atoms with van der Waals surface area (Å²) in [5.41, 5.74) is 0.268. The van der Waals surface area contributed by atoms with Crippen molar-refractivity contribution in [2.75, 3.05) is 19.7 Å². The molecule has 1 aliphatic heterocycles. The largest absolute Gasteiger partial charge is 0.396 e. The quantitative estimate of drug-likeness (QED) is 0.868. The monoisotopic (exact) mass is 293 g/mol. The molecule has 1 saturated heterocycles. The van der Waals surface area contributed by atoms with Crippen molar-refractivity contribution in [1.29, 1.82) is 0 Å². The van der Waals surface area contributed by atoms with E-state index in [0.29, 0.717) is 36.9 Å². The average molecular weight is 293 g/mol. The molecule has 0 bridgehead atoms. The van der Waals surface area contributed by atoms with Crippen LogP contribution in [-0.4, -0.2) is 45.6 Å². The molecule has 116 valence electrons. The number of likely N-dealkylation sites (tertiary alicyclic amines) is 1.